The predicted molar refractivity (Wildman–Crippen MR) is 95.2 cm³/mol. The maximum atomic E-state index is 5.52. The molecule has 0 N–H and O–H groups in total. The molecule has 23 heavy (non-hydrogen) atoms. The lowest BCUT2D eigenvalue weighted by Gasteiger charge is -2.34. The van der Waals surface area contributed by atoms with E-state index in [-0.39, 0.29) is 0 Å². The van der Waals surface area contributed by atoms with Gasteiger partial charge in [-0.05, 0) is 35.8 Å². The summed E-state index contributed by atoms with van der Waals surface area (Å²) in [5, 5.41) is 6.76. The zero-order chi connectivity index (χ0) is 15.6. The van der Waals surface area contributed by atoms with Gasteiger partial charge in [-0.25, -0.2) is 4.68 Å². The van der Waals surface area contributed by atoms with Crippen LogP contribution >= 0.6 is 23.6 Å². The van der Waals surface area contributed by atoms with Gasteiger partial charge >= 0.3 is 0 Å². The second-order valence-electron chi connectivity index (χ2n) is 5.83. The molecular weight excluding hydrogens is 326 g/mol. The largest absolute Gasteiger partial charge is 0.296 e. The minimum absolute atomic E-state index is 0.765. The molecule has 1 fully saturated rings. The van der Waals surface area contributed by atoms with Crippen molar-refractivity contribution in [1.29, 1.82) is 0 Å². The molecule has 1 aliphatic heterocycles. The molecule has 4 heterocycles. The Balaban J connectivity index is 1.39. The molecule has 0 amide bonds. The molecule has 3 aromatic heterocycles. The lowest BCUT2D eigenvalue weighted by atomic mass is 10.3. The van der Waals surface area contributed by atoms with E-state index in [2.05, 4.69) is 32.4 Å². The summed E-state index contributed by atoms with van der Waals surface area (Å²) < 4.78 is 4.66. The van der Waals surface area contributed by atoms with Crippen LogP contribution in [0.2, 0.25) is 0 Å². The monoisotopic (exact) mass is 345 g/mol. The molecule has 0 aliphatic carbocycles. The van der Waals surface area contributed by atoms with Gasteiger partial charge in [0.15, 0.2) is 5.65 Å². The second kappa shape index (κ2) is 6.52. The molecule has 5 nitrogen and oxygen atoms in total. The maximum Gasteiger partial charge on any atom is 0.203 e. The number of pyridine rings is 1. The van der Waals surface area contributed by atoms with Gasteiger partial charge in [-0.15, -0.1) is 11.3 Å². The first-order valence-corrected chi connectivity index (χ1v) is 9.10. The summed E-state index contributed by atoms with van der Waals surface area (Å²) >= 11 is 7.36. The minimum atomic E-state index is 0.765. The van der Waals surface area contributed by atoms with Crippen molar-refractivity contribution in [3.63, 3.8) is 0 Å². The molecule has 0 aromatic carbocycles. The van der Waals surface area contributed by atoms with Gasteiger partial charge in [0.1, 0.15) is 0 Å². The molecule has 0 unspecified atom stereocenters. The summed E-state index contributed by atoms with van der Waals surface area (Å²) in [6, 6.07) is 10.3. The molecular formula is C16H19N5S2. The summed E-state index contributed by atoms with van der Waals surface area (Å²) in [6.45, 7) is 6.14. The highest BCUT2D eigenvalue weighted by molar-refractivity contribution is 7.71. The van der Waals surface area contributed by atoms with Crippen molar-refractivity contribution in [1.82, 2.24) is 24.0 Å². The van der Waals surface area contributed by atoms with Crippen LogP contribution in [0.15, 0.2) is 41.9 Å². The van der Waals surface area contributed by atoms with E-state index in [1.165, 1.54) is 4.88 Å². The van der Waals surface area contributed by atoms with Crippen molar-refractivity contribution in [2.75, 3.05) is 26.2 Å². The van der Waals surface area contributed by atoms with Gasteiger partial charge in [0.25, 0.3) is 0 Å². The Labute approximate surface area is 144 Å². The molecule has 0 spiro atoms. The first kappa shape index (κ1) is 15.0. The molecule has 1 aliphatic rings. The predicted octanol–water partition coefficient (Wildman–Crippen LogP) is 2.70. The molecule has 0 radical (unpaired) electrons. The van der Waals surface area contributed by atoms with Crippen LogP contribution < -0.4 is 0 Å². The first-order valence-electron chi connectivity index (χ1n) is 7.81. The summed E-state index contributed by atoms with van der Waals surface area (Å²) in [5.41, 5.74) is 0.911. The number of piperazine rings is 1. The van der Waals surface area contributed by atoms with Gasteiger partial charge < -0.3 is 0 Å². The Kier molecular flexibility index (Phi) is 4.26. The van der Waals surface area contributed by atoms with Gasteiger partial charge in [-0.1, -0.05) is 12.1 Å². The van der Waals surface area contributed by atoms with Crippen LogP contribution in [-0.2, 0) is 13.2 Å². The minimum Gasteiger partial charge on any atom is -0.296 e. The number of aromatic nitrogens is 3. The fourth-order valence-corrected chi connectivity index (χ4v) is 3.96. The topological polar surface area (TPSA) is 28.7 Å². The average molecular weight is 345 g/mol. The van der Waals surface area contributed by atoms with Crippen LogP contribution in [0.3, 0.4) is 0 Å². The summed E-state index contributed by atoms with van der Waals surface area (Å²) in [4.78, 5) is 6.39. The van der Waals surface area contributed by atoms with E-state index in [0.717, 1.165) is 49.8 Å². The number of hydrogen-bond donors (Lipinski definition) is 0. The van der Waals surface area contributed by atoms with Crippen LogP contribution in [-0.4, -0.2) is 50.2 Å². The van der Waals surface area contributed by atoms with E-state index in [1.807, 2.05) is 44.8 Å². The Hall–Kier alpha value is -1.54. The Morgan fingerprint density at radius 2 is 1.87 bits per heavy atom. The normalized spacial score (nSPS) is 17.0. The standard InChI is InChI=1S/C16H19N5S2/c22-16-20-6-2-1-5-15(20)17-21(16)13-19-9-7-18(8-10-19)12-14-4-3-11-23-14/h1-6,11H,7-10,12-13H2. The number of thiophene rings is 1. The van der Waals surface area contributed by atoms with E-state index >= 15 is 0 Å². The molecule has 4 rings (SSSR count). The molecule has 120 valence electrons. The SMILES string of the molecule is S=c1n(CN2CCN(Cc3cccs3)CC2)nc2ccccn12. The first-order chi connectivity index (χ1) is 11.3. The zero-order valence-corrected chi connectivity index (χ0v) is 14.5. The van der Waals surface area contributed by atoms with E-state index in [0.29, 0.717) is 0 Å². The molecule has 7 heteroatoms. The maximum absolute atomic E-state index is 5.52. The fourth-order valence-electron chi connectivity index (χ4n) is 2.96. The van der Waals surface area contributed by atoms with Gasteiger partial charge in [0, 0.05) is 43.8 Å². The van der Waals surface area contributed by atoms with Crippen molar-refractivity contribution < 1.29 is 0 Å². The molecule has 3 aromatic rings. The summed E-state index contributed by atoms with van der Waals surface area (Å²) in [5.74, 6) is 0. The molecule has 0 atom stereocenters. The van der Waals surface area contributed by atoms with Gasteiger partial charge in [0.05, 0.1) is 6.67 Å². The summed E-state index contributed by atoms with van der Waals surface area (Å²) in [7, 11) is 0. The lowest BCUT2D eigenvalue weighted by Crippen LogP contribution is -2.46. The van der Waals surface area contributed by atoms with Crippen LogP contribution in [0.25, 0.3) is 5.65 Å². The fraction of sp³-hybridized carbons (Fsp3) is 0.375. The lowest BCUT2D eigenvalue weighted by molar-refractivity contribution is 0.0989. The molecule has 0 saturated carbocycles. The van der Waals surface area contributed by atoms with Crippen molar-refractivity contribution in [3.8, 4) is 0 Å². The van der Waals surface area contributed by atoms with E-state index < -0.39 is 0 Å². The molecule has 1 saturated heterocycles. The number of fused-ring (bicyclic) bond motifs is 1. The van der Waals surface area contributed by atoms with Crippen molar-refractivity contribution >= 4 is 29.2 Å². The molecule has 0 bridgehead atoms. The van der Waals surface area contributed by atoms with Crippen LogP contribution in [0.5, 0.6) is 0 Å². The van der Waals surface area contributed by atoms with E-state index in [4.69, 9.17) is 12.2 Å². The third-order valence-corrected chi connectivity index (χ3v) is 5.52. The Bertz CT molecular complexity index is 828. The second-order valence-corrected chi connectivity index (χ2v) is 7.22. The van der Waals surface area contributed by atoms with E-state index in [9.17, 15) is 0 Å². The van der Waals surface area contributed by atoms with Crippen LogP contribution in [0, 0.1) is 4.77 Å². The quantitative estimate of drug-likeness (QED) is 0.680. The number of nitrogens with zero attached hydrogens (tertiary/aromatic N) is 5. The van der Waals surface area contributed by atoms with Crippen molar-refractivity contribution in [3.05, 3.63) is 51.6 Å². The highest BCUT2D eigenvalue weighted by atomic mass is 32.1. The Morgan fingerprint density at radius 3 is 2.61 bits per heavy atom. The van der Waals surface area contributed by atoms with Gasteiger partial charge in [-0.3, -0.25) is 14.2 Å². The van der Waals surface area contributed by atoms with Crippen LogP contribution in [0.4, 0.5) is 0 Å². The van der Waals surface area contributed by atoms with Gasteiger partial charge in [-0.2, -0.15) is 5.10 Å². The third-order valence-electron chi connectivity index (χ3n) is 4.25. The smallest absolute Gasteiger partial charge is 0.203 e. The van der Waals surface area contributed by atoms with Crippen molar-refractivity contribution in [2.45, 2.75) is 13.2 Å². The number of rotatable bonds is 4. The van der Waals surface area contributed by atoms with Gasteiger partial charge in [0.2, 0.25) is 4.77 Å². The number of hydrogen-bond acceptors (Lipinski definition) is 5. The average Bonchev–Trinajstić information content (AvgIpc) is 3.19. The zero-order valence-electron chi connectivity index (χ0n) is 12.8. The highest BCUT2D eigenvalue weighted by Crippen LogP contribution is 2.14. The Morgan fingerprint density at radius 1 is 1.04 bits per heavy atom. The highest BCUT2D eigenvalue weighted by Gasteiger charge is 2.18. The van der Waals surface area contributed by atoms with E-state index in [1.54, 1.807) is 0 Å². The third kappa shape index (κ3) is 3.23. The van der Waals surface area contributed by atoms with Crippen LogP contribution in [0.1, 0.15) is 4.88 Å². The summed E-state index contributed by atoms with van der Waals surface area (Å²) in [6.07, 6.45) is 1.97. The van der Waals surface area contributed by atoms with Crippen molar-refractivity contribution in [2.24, 2.45) is 0 Å².